The van der Waals surface area contributed by atoms with E-state index < -0.39 is 6.10 Å². The minimum Gasteiger partial charge on any atom is -0.394 e. The van der Waals surface area contributed by atoms with Crippen molar-refractivity contribution in [2.45, 2.75) is 142 Å². The van der Waals surface area contributed by atoms with Gasteiger partial charge in [-0.1, -0.05) is 104 Å². The van der Waals surface area contributed by atoms with Gasteiger partial charge in [-0.05, 0) is 19.8 Å². The molecule has 0 fully saturated rings. The van der Waals surface area contributed by atoms with Gasteiger partial charge in [0.2, 0.25) is 0 Å². The zero-order valence-corrected chi connectivity index (χ0v) is 18.8. The zero-order valence-electron chi connectivity index (χ0n) is 18.8. The number of unbranched alkanes of at least 4 members (excludes halogenated alkanes) is 14. The quantitative estimate of drug-likeness (QED) is 0.235. The molecular weight excluding hydrogens is 336 g/mol. The Hall–Kier alpha value is -0.410. The van der Waals surface area contributed by atoms with Crippen LogP contribution >= 0.6 is 0 Å². The second-order valence-corrected chi connectivity index (χ2v) is 8.02. The van der Waals surface area contributed by atoms with Gasteiger partial charge in [0, 0.05) is 12.8 Å². The number of ketones is 1. The van der Waals surface area contributed by atoms with Crippen LogP contribution in [0.3, 0.4) is 0 Å². The highest BCUT2D eigenvalue weighted by Gasteiger charge is 2.02. The van der Waals surface area contributed by atoms with E-state index in [1.54, 1.807) is 0 Å². The number of Topliss-reactive ketones (excluding diaryl/α,β-unsaturated/α-hetero) is 1. The summed E-state index contributed by atoms with van der Waals surface area (Å²) in [6, 6.07) is 0. The lowest BCUT2D eigenvalue weighted by molar-refractivity contribution is -0.119. The largest absolute Gasteiger partial charge is 0.394 e. The topological polar surface area (TPSA) is 57.5 Å². The predicted molar refractivity (Wildman–Crippen MR) is 118 cm³/mol. The maximum atomic E-state index is 11.8. The van der Waals surface area contributed by atoms with Gasteiger partial charge < -0.3 is 10.2 Å². The standard InChI is InChI=1S/C21H42O.C3H8O2/c1-3-5-7-9-11-13-15-17-19-21(22)20-18-16-14-12-10-8-6-4-2;1-3(5)2-4/h3-20H2,1-2H3;3-5H,2H2,1H3. The van der Waals surface area contributed by atoms with E-state index in [1.165, 1.54) is 96.8 Å². The second-order valence-electron chi connectivity index (χ2n) is 8.02. The minimum absolute atomic E-state index is 0.139. The molecule has 0 aliphatic carbocycles. The first-order valence-electron chi connectivity index (χ1n) is 11.9. The first-order valence-corrected chi connectivity index (χ1v) is 11.9. The molecule has 0 saturated heterocycles. The summed E-state index contributed by atoms with van der Waals surface area (Å²) in [4.78, 5) is 11.8. The summed E-state index contributed by atoms with van der Waals surface area (Å²) < 4.78 is 0. The van der Waals surface area contributed by atoms with Gasteiger partial charge in [-0.2, -0.15) is 0 Å². The van der Waals surface area contributed by atoms with Crippen molar-refractivity contribution in [3.05, 3.63) is 0 Å². The van der Waals surface area contributed by atoms with Crippen LogP contribution in [0.2, 0.25) is 0 Å². The molecule has 0 aromatic carbocycles. The average Bonchev–Trinajstić information content (AvgIpc) is 2.66. The van der Waals surface area contributed by atoms with Crippen molar-refractivity contribution in [2.24, 2.45) is 0 Å². The van der Waals surface area contributed by atoms with Crippen LogP contribution in [-0.4, -0.2) is 28.7 Å². The Bertz CT molecular complexity index is 255. The number of hydrogen-bond acceptors (Lipinski definition) is 3. The normalized spacial score (nSPS) is 11.7. The summed E-state index contributed by atoms with van der Waals surface area (Å²) in [6.07, 6.45) is 22.3. The number of carbonyl (C=O) groups is 1. The van der Waals surface area contributed by atoms with E-state index >= 15 is 0 Å². The summed E-state index contributed by atoms with van der Waals surface area (Å²) in [5, 5.41) is 16.0. The molecule has 0 amide bonds. The SMILES string of the molecule is CC(O)CO.CCCCCCCCCCC(=O)CCCCCCCCCC. The average molecular weight is 387 g/mol. The van der Waals surface area contributed by atoms with Crippen molar-refractivity contribution < 1.29 is 15.0 Å². The second kappa shape index (κ2) is 25.6. The molecule has 2 N–H and O–H groups in total. The Morgan fingerprint density at radius 1 is 0.630 bits per heavy atom. The Labute approximate surface area is 170 Å². The minimum atomic E-state index is -0.560. The third-order valence-electron chi connectivity index (χ3n) is 4.88. The highest BCUT2D eigenvalue weighted by Crippen LogP contribution is 2.13. The number of hydrogen-bond donors (Lipinski definition) is 2. The fraction of sp³-hybridized carbons (Fsp3) is 0.958. The van der Waals surface area contributed by atoms with Crippen LogP contribution < -0.4 is 0 Å². The van der Waals surface area contributed by atoms with Gasteiger partial charge >= 0.3 is 0 Å². The van der Waals surface area contributed by atoms with Crippen LogP contribution in [0.1, 0.15) is 136 Å². The van der Waals surface area contributed by atoms with Gasteiger partial charge in [0.1, 0.15) is 5.78 Å². The van der Waals surface area contributed by atoms with E-state index in [0.717, 1.165) is 25.7 Å². The molecule has 0 saturated carbocycles. The Morgan fingerprint density at radius 2 is 0.889 bits per heavy atom. The van der Waals surface area contributed by atoms with Crippen molar-refractivity contribution >= 4 is 5.78 Å². The highest BCUT2D eigenvalue weighted by atomic mass is 16.3. The van der Waals surface area contributed by atoms with Gasteiger partial charge in [-0.15, -0.1) is 0 Å². The van der Waals surface area contributed by atoms with Crippen molar-refractivity contribution in [3.8, 4) is 0 Å². The highest BCUT2D eigenvalue weighted by molar-refractivity contribution is 5.78. The molecule has 0 aliphatic heterocycles. The monoisotopic (exact) mass is 386 g/mol. The molecule has 27 heavy (non-hydrogen) atoms. The van der Waals surface area contributed by atoms with Crippen molar-refractivity contribution in [1.29, 1.82) is 0 Å². The maximum Gasteiger partial charge on any atom is 0.132 e. The summed E-state index contributed by atoms with van der Waals surface area (Å²) in [5.74, 6) is 0.511. The van der Waals surface area contributed by atoms with Crippen molar-refractivity contribution in [3.63, 3.8) is 0 Å². The lowest BCUT2D eigenvalue weighted by atomic mass is 10.0. The fourth-order valence-corrected chi connectivity index (χ4v) is 3.04. The first-order chi connectivity index (χ1) is 13.1. The molecule has 1 unspecified atom stereocenters. The molecule has 0 spiro atoms. The molecule has 1 atom stereocenters. The van der Waals surface area contributed by atoms with E-state index in [9.17, 15) is 4.79 Å². The molecule has 0 heterocycles. The Balaban J connectivity index is 0. The summed E-state index contributed by atoms with van der Waals surface area (Å²) in [7, 11) is 0. The summed E-state index contributed by atoms with van der Waals surface area (Å²) >= 11 is 0. The molecule has 0 radical (unpaired) electrons. The molecule has 0 bridgehead atoms. The van der Waals surface area contributed by atoms with E-state index in [-0.39, 0.29) is 6.61 Å². The smallest absolute Gasteiger partial charge is 0.132 e. The Kier molecular flexibility index (Phi) is 27.3. The molecule has 3 heteroatoms. The Morgan fingerprint density at radius 3 is 1.15 bits per heavy atom. The van der Waals surface area contributed by atoms with Gasteiger partial charge in [-0.3, -0.25) is 4.79 Å². The van der Waals surface area contributed by atoms with Crippen LogP contribution in [0.25, 0.3) is 0 Å². The molecule has 0 aromatic rings. The van der Waals surface area contributed by atoms with E-state index in [0.29, 0.717) is 5.78 Å². The molecule has 164 valence electrons. The predicted octanol–water partition coefficient (Wildman–Crippen LogP) is 6.98. The van der Waals surface area contributed by atoms with E-state index in [1.807, 2.05) is 0 Å². The number of rotatable bonds is 19. The lowest BCUT2D eigenvalue weighted by Crippen LogP contribution is -2.03. The van der Waals surface area contributed by atoms with Gasteiger partial charge in [-0.25, -0.2) is 0 Å². The number of aliphatic hydroxyl groups is 2. The molecule has 0 aromatic heterocycles. The lowest BCUT2D eigenvalue weighted by Gasteiger charge is -2.03. The van der Waals surface area contributed by atoms with Crippen LogP contribution in [-0.2, 0) is 4.79 Å². The molecule has 0 rings (SSSR count). The summed E-state index contributed by atoms with van der Waals surface area (Å²) in [6.45, 7) is 5.91. The van der Waals surface area contributed by atoms with Crippen molar-refractivity contribution in [1.82, 2.24) is 0 Å². The van der Waals surface area contributed by atoms with Crippen LogP contribution in [0.4, 0.5) is 0 Å². The third-order valence-corrected chi connectivity index (χ3v) is 4.88. The molecular formula is C24H50O3. The van der Waals surface area contributed by atoms with Crippen LogP contribution in [0.5, 0.6) is 0 Å². The number of carbonyl (C=O) groups excluding carboxylic acids is 1. The van der Waals surface area contributed by atoms with E-state index in [4.69, 9.17) is 10.2 Å². The van der Waals surface area contributed by atoms with Crippen LogP contribution in [0.15, 0.2) is 0 Å². The molecule has 0 aliphatic rings. The van der Waals surface area contributed by atoms with Gasteiger partial charge in [0.25, 0.3) is 0 Å². The van der Waals surface area contributed by atoms with Gasteiger partial charge in [0.15, 0.2) is 0 Å². The maximum absolute atomic E-state index is 11.8. The summed E-state index contributed by atoms with van der Waals surface area (Å²) in [5.41, 5.74) is 0. The third kappa shape index (κ3) is 30.6. The van der Waals surface area contributed by atoms with Crippen molar-refractivity contribution in [2.75, 3.05) is 6.61 Å². The fourth-order valence-electron chi connectivity index (χ4n) is 3.04. The molecule has 3 nitrogen and oxygen atoms in total. The van der Waals surface area contributed by atoms with Gasteiger partial charge in [0.05, 0.1) is 12.7 Å². The number of aliphatic hydroxyl groups excluding tert-OH is 2. The van der Waals surface area contributed by atoms with Crippen LogP contribution in [0, 0.1) is 0 Å². The first kappa shape index (κ1) is 28.8. The van der Waals surface area contributed by atoms with E-state index in [2.05, 4.69) is 13.8 Å². The zero-order chi connectivity index (χ0) is 20.6.